The normalized spacial score (nSPS) is 19.5. The van der Waals surface area contributed by atoms with Gasteiger partial charge in [-0.1, -0.05) is 116 Å². The highest BCUT2D eigenvalue weighted by Gasteiger charge is 2.26. The van der Waals surface area contributed by atoms with Crippen LogP contribution in [0.15, 0.2) is 138 Å². The zero-order valence-electron chi connectivity index (χ0n) is 21.8. The van der Waals surface area contributed by atoms with Gasteiger partial charge in [-0.25, -0.2) is 0 Å². The highest BCUT2D eigenvalue weighted by atomic mass is 15.2. The number of benzene rings is 5. The van der Waals surface area contributed by atoms with E-state index >= 15 is 0 Å². The maximum Gasteiger partial charge on any atom is 0.147 e. The molecule has 5 aromatic rings. The Kier molecular flexibility index (Phi) is 5.47. The molecule has 184 valence electrons. The van der Waals surface area contributed by atoms with Gasteiger partial charge in [-0.15, -0.1) is 0 Å². The van der Waals surface area contributed by atoms with Crippen molar-refractivity contribution < 1.29 is 0 Å². The number of allylic oxidation sites excluding steroid dienone is 4. The molecule has 1 heterocycles. The lowest BCUT2D eigenvalue weighted by Gasteiger charge is -2.35. The summed E-state index contributed by atoms with van der Waals surface area (Å²) in [5.41, 5.74) is 5.87. The van der Waals surface area contributed by atoms with Gasteiger partial charge in [0.05, 0.1) is 5.71 Å². The summed E-state index contributed by atoms with van der Waals surface area (Å²) in [5, 5.41) is 7.73. The molecule has 1 aliphatic heterocycles. The molecule has 0 saturated heterocycles. The van der Waals surface area contributed by atoms with Gasteiger partial charge < -0.3 is 4.90 Å². The fraction of sp³-hybridized carbons (Fsp3) is 0.139. The fourth-order valence-corrected chi connectivity index (χ4v) is 6.06. The van der Waals surface area contributed by atoms with Crippen LogP contribution in [-0.2, 0) is 0 Å². The highest BCUT2D eigenvalue weighted by Crippen LogP contribution is 2.38. The summed E-state index contributed by atoms with van der Waals surface area (Å²) < 4.78 is 0. The largest absolute Gasteiger partial charge is 0.349 e. The lowest BCUT2D eigenvalue weighted by Crippen LogP contribution is -2.29. The van der Waals surface area contributed by atoms with Crippen molar-refractivity contribution in [2.75, 3.05) is 7.05 Å². The van der Waals surface area contributed by atoms with E-state index in [0.29, 0.717) is 5.92 Å². The summed E-state index contributed by atoms with van der Waals surface area (Å²) in [4.78, 5) is 7.65. The van der Waals surface area contributed by atoms with E-state index < -0.39 is 0 Å². The van der Waals surface area contributed by atoms with Gasteiger partial charge in [0.2, 0.25) is 0 Å². The average Bonchev–Trinajstić information content (AvgIpc) is 2.97. The number of fused-ring (bicyclic) bond motifs is 6. The molecule has 2 aliphatic rings. The summed E-state index contributed by atoms with van der Waals surface area (Å²) in [6, 6.07) is 35.0. The second-order valence-corrected chi connectivity index (χ2v) is 10.5. The molecule has 2 heteroatoms. The molecule has 0 fully saturated rings. The lowest BCUT2D eigenvalue weighted by molar-refractivity contribution is 0.320. The van der Waals surface area contributed by atoms with E-state index in [2.05, 4.69) is 140 Å². The summed E-state index contributed by atoms with van der Waals surface area (Å²) in [7, 11) is 2.16. The maximum absolute atomic E-state index is 5.33. The first-order chi connectivity index (χ1) is 18.7. The Morgan fingerprint density at radius 1 is 0.711 bits per heavy atom. The smallest absolute Gasteiger partial charge is 0.147 e. The molecule has 0 aromatic heterocycles. The van der Waals surface area contributed by atoms with Crippen molar-refractivity contribution in [2.45, 2.75) is 19.5 Å². The van der Waals surface area contributed by atoms with E-state index in [0.717, 1.165) is 17.7 Å². The predicted molar refractivity (Wildman–Crippen MR) is 162 cm³/mol. The Bertz CT molecular complexity index is 1790. The highest BCUT2D eigenvalue weighted by molar-refractivity contribution is 6.26. The molecular weight excluding hydrogens is 460 g/mol. The Labute approximate surface area is 223 Å². The molecule has 38 heavy (non-hydrogen) atoms. The molecule has 0 saturated carbocycles. The third kappa shape index (κ3) is 3.76. The van der Waals surface area contributed by atoms with Crippen LogP contribution in [0.25, 0.3) is 32.3 Å². The fourth-order valence-electron chi connectivity index (χ4n) is 6.06. The van der Waals surface area contributed by atoms with Crippen molar-refractivity contribution in [2.24, 2.45) is 10.9 Å². The van der Waals surface area contributed by atoms with E-state index in [1.54, 1.807) is 0 Å². The van der Waals surface area contributed by atoms with E-state index in [4.69, 9.17) is 4.99 Å². The molecule has 2 atom stereocenters. The second kappa shape index (κ2) is 9.15. The molecule has 0 bridgehead atoms. The number of hydrogen-bond donors (Lipinski definition) is 0. The minimum atomic E-state index is -0.0817. The predicted octanol–water partition coefficient (Wildman–Crippen LogP) is 8.99. The van der Waals surface area contributed by atoms with Crippen LogP contribution < -0.4 is 0 Å². The molecule has 0 radical (unpaired) electrons. The molecule has 7 rings (SSSR count). The van der Waals surface area contributed by atoms with Crippen LogP contribution in [0.3, 0.4) is 0 Å². The Balaban J connectivity index is 1.45. The summed E-state index contributed by atoms with van der Waals surface area (Å²) in [6.07, 6.45) is 10.3. The van der Waals surface area contributed by atoms with Crippen LogP contribution in [0.4, 0.5) is 0 Å². The number of rotatable bonds is 3. The van der Waals surface area contributed by atoms with Crippen molar-refractivity contribution in [3.8, 4) is 0 Å². The topological polar surface area (TPSA) is 15.6 Å². The van der Waals surface area contributed by atoms with Crippen LogP contribution in [0, 0.1) is 5.92 Å². The third-order valence-corrected chi connectivity index (χ3v) is 7.98. The zero-order valence-corrected chi connectivity index (χ0v) is 21.8. The van der Waals surface area contributed by atoms with E-state index in [-0.39, 0.29) is 6.17 Å². The molecule has 5 aromatic carbocycles. The van der Waals surface area contributed by atoms with Crippen molar-refractivity contribution in [1.82, 2.24) is 4.90 Å². The number of likely N-dealkylation sites (N-methyl/N-ethyl adjacent to an activating group) is 1. The van der Waals surface area contributed by atoms with Crippen LogP contribution in [0.1, 0.15) is 30.6 Å². The molecule has 0 spiro atoms. The summed E-state index contributed by atoms with van der Waals surface area (Å²) in [6.45, 7) is 2.29. The van der Waals surface area contributed by atoms with Gasteiger partial charge >= 0.3 is 0 Å². The van der Waals surface area contributed by atoms with Crippen molar-refractivity contribution in [3.05, 3.63) is 144 Å². The van der Waals surface area contributed by atoms with Crippen LogP contribution in [0.5, 0.6) is 0 Å². The second-order valence-electron chi connectivity index (χ2n) is 10.5. The SMILES string of the molecule is CC1C=C(C2=CC(c3ccc4c5ccccc5c5ccccc5c4c3)=NC(c3ccccc3)N2C)C=CC1. The molecule has 0 N–H and O–H groups in total. The van der Waals surface area contributed by atoms with Crippen LogP contribution in [0.2, 0.25) is 0 Å². The third-order valence-electron chi connectivity index (χ3n) is 7.98. The first kappa shape index (κ1) is 22.7. The van der Waals surface area contributed by atoms with Gasteiger partial charge in [-0.2, -0.15) is 0 Å². The minimum Gasteiger partial charge on any atom is -0.349 e. The van der Waals surface area contributed by atoms with Gasteiger partial charge in [-0.05, 0) is 67.9 Å². The van der Waals surface area contributed by atoms with Gasteiger partial charge in [0.1, 0.15) is 6.17 Å². The van der Waals surface area contributed by atoms with Crippen LogP contribution >= 0.6 is 0 Å². The van der Waals surface area contributed by atoms with Gasteiger partial charge in [-0.3, -0.25) is 4.99 Å². The first-order valence-corrected chi connectivity index (χ1v) is 13.5. The Morgan fingerprint density at radius 2 is 1.32 bits per heavy atom. The minimum absolute atomic E-state index is 0.0817. The Hall–Kier alpha value is -4.43. The van der Waals surface area contributed by atoms with E-state index in [1.807, 2.05) is 0 Å². The van der Waals surface area contributed by atoms with Crippen molar-refractivity contribution in [1.29, 1.82) is 0 Å². The molecule has 0 amide bonds. The standard InChI is InChI=1S/C36H30N2/c1-24-11-10-14-27(21-24)35-23-34(37-36(38(35)2)25-12-4-3-5-13-25)26-19-20-32-30-17-7-6-15-28(30)29-16-8-9-18-31(29)33(32)22-26/h3-10,12-24,36H,11H2,1-2H3. The molecule has 2 unspecified atom stereocenters. The first-order valence-electron chi connectivity index (χ1n) is 13.5. The summed E-state index contributed by atoms with van der Waals surface area (Å²) in [5.74, 6) is 0.530. The van der Waals surface area contributed by atoms with Gasteiger partial charge in [0.25, 0.3) is 0 Å². The lowest BCUT2D eigenvalue weighted by atomic mass is 9.91. The number of aliphatic imine (C=N–C) groups is 1. The van der Waals surface area contributed by atoms with E-state index in [9.17, 15) is 0 Å². The van der Waals surface area contributed by atoms with Crippen molar-refractivity contribution in [3.63, 3.8) is 0 Å². The summed E-state index contributed by atoms with van der Waals surface area (Å²) >= 11 is 0. The quantitative estimate of drug-likeness (QED) is 0.230. The van der Waals surface area contributed by atoms with E-state index in [1.165, 1.54) is 49.2 Å². The average molecular weight is 491 g/mol. The number of nitrogens with zero attached hydrogens (tertiary/aromatic N) is 2. The molecular formula is C36H30N2. The van der Waals surface area contributed by atoms with Crippen LogP contribution in [-0.4, -0.2) is 17.7 Å². The Morgan fingerprint density at radius 3 is 1.97 bits per heavy atom. The molecule has 1 aliphatic carbocycles. The van der Waals surface area contributed by atoms with Crippen molar-refractivity contribution >= 4 is 38.0 Å². The van der Waals surface area contributed by atoms with Gasteiger partial charge in [0, 0.05) is 18.3 Å². The zero-order chi connectivity index (χ0) is 25.6. The number of hydrogen-bond acceptors (Lipinski definition) is 2. The van der Waals surface area contributed by atoms with Gasteiger partial charge in [0.15, 0.2) is 0 Å². The molecule has 2 nitrogen and oxygen atoms in total. The monoisotopic (exact) mass is 490 g/mol. The maximum atomic E-state index is 5.33.